The largest absolute Gasteiger partial charge is 0.376 e. The van der Waals surface area contributed by atoms with Gasteiger partial charge in [-0.15, -0.1) is 0 Å². The van der Waals surface area contributed by atoms with E-state index in [2.05, 4.69) is 5.32 Å². The van der Waals surface area contributed by atoms with Crippen molar-refractivity contribution in [3.05, 3.63) is 74.0 Å². The molecular formula is C26H26N4O3S3. The molecule has 1 atom stereocenters. The summed E-state index contributed by atoms with van der Waals surface area (Å²) in [6.07, 6.45) is 2.05. The molecule has 3 heterocycles. The average Bonchev–Trinajstić information content (AvgIpc) is 3.50. The maximum Gasteiger partial charge on any atom is 0.278 e. The highest BCUT2D eigenvalue weighted by Gasteiger charge is 2.21. The van der Waals surface area contributed by atoms with Crippen LogP contribution in [0.15, 0.2) is 58.5 Å². The number of nitrogens with zero attached hydrogens (tertiary/aromatic N) is 3. The Labute approximate surface area is 222 Å². The van der Waals surface area contributed by atoms with Crippen LogP contribution in [0.25, 0.3) is 21.7 Å². The van der Waals surface area contributed by atoms with Gasteiger partial charge >= 0.3 is 0 Å². The molecule has 1 N–H and O–H groups in total. The van der Waals surface area contributed by atoms with Crippen molar-refractivity contribution >= 4 is 51.6 Å². The Balaban J connectivity index is 1.56. The van der Waals surface area contributed by atoms with Crippen LogP contribution in [0.4, 0.5) is 0 Å². The first-order valence-corrected chi connectivity index (χ1v) is 14.0. The van der Waals surface area contributed by atoms with E-state index in [-0.39, 0.29) is 23.3 Å². The van der Waals surface area contributed by atoms with E-state index in [1.54, 1.807) is 4.57 Å². The number of ether oxygens (including phenoxy) is 1. The summed E-state index contributed by atoms with van der Waals surface area (Å²) < 4.78 is 10.1. The minimum Gasteiger partial charge on any atom is -0.376 e. The number of thiazole rings is 1. The summed E-state index contributed by atoms with van der Waals surface area (Å²) in [4.78, 5) is 31.3. The summed E-state index contributed by atoms with van der Waals surface area (Å²) in [6.45, 7) is 5.24. The van der Waals surface area contributed by atoms with E-state index >= 15 is 0 Å². The second-order valence-corrected chi connectivity index (χ2v) is 11.3. The molecule has 2 aromatic heterocycles. The van der Waals surface area contributed by atoms with Gasteiger partial charge in [-0.05, 0) is 62.7 Å². The number of rotatable bonds is 7. The molecule has 10 heteroatoms. The molecule has 2 aromatic carbocycles. The molecule has 0 aliphatic carbocycles. The molecule has 1 aliphatic heterocycles. The van der Waals surface area contributed by atoms with Gasteiger partial charge in [-0.3, -0.25) is 18.7 Å². The number of hydrogen-bond donors (Lipinski definition) is 1. The molecule has 1 aliphatic rings. The Kier molecular flexibility index (Phi) is 7.38. The third-order valence-corrected chi connectivity index (χ3v) is 8.40. The van der Waals surface area contributed by atoms with Crippen LogP contribution in [0.2, 0.25) is 0 Å². The minimum absolute atomic E-state index is 0.0727. The van der Waals surface area contributed by atoms with Crippen molar-refractivity contribution in [2.75, 3.05) is 18.9 Å². The lowest BCUT2D eigenvalue weighted by molar-refractivity contribution is -0.119. The molecule has 0 radical (unpaired) electrons. The van der Waals surface area contributed by atoms with Crippen molar-refractivity contribution in [1.82, 2.24) is 19.4 Å². The fourth-order valence-corrected chi connectivity index (χ4v) is 6.32. The van der Waals surface area contributed by atoms with Gasteiger partial charge in [0, 0.05) is 13.2 Å². The monoisotopic (exact) mass is 538 g/mol. The van der Waals surface area contributed by atoms with Crippen molar-refractivity contribution in [3.8, 4) is 11.4 Å². The summed E-state index contributed by atoms with van der Waals surface area (Å²) in [7, 11) is 0. The van der Waals surface area contributed by atoms with Crippen molar-refractivity contribution < 1.29 is 9.53 Å². The number of benzene rings is 2. The highest BCUT2D eigenvalue weighted by molar-refractivity contribution is 7.99. The second-order valence-electron chi connectivity index (χ2n) is 8.74. The van der Waals surface area contributed by atoms with Crippen LogP contribution in [0, 0.1) is 17.8 Å². The lowest BCUT2D eigenvalue weighted by atomic mass is 10.2. The zero-order valence-corrected chi connectivity index (χ0v) is 22.5. The Hall–Kier alpha value is -2.79. The first-order valence-electron chi connectivity index (χ1n) is 11.7. The quantitative estimate of drug-likeness (QED) is 0.203. The van der Waals surface area contributed by atoms with Crippen LogP contribution in [-0.4, -0.2) is 45.0 Å². The maximum absolute atomic E-state index is 13.8. The summed E-state index contributed by atoms with van der Waals surface area (Å²) in [6, 6.07) is 15.6. The predicted octanol–water partition coefficient (Wildman–Crippen LogP) is 4.97. The molecule has 1 fully saturated rings. The standard InChI is InChI=1S/C26H26N4O3S3/c1-16-9-11-18(12-10-16)29-24(32)22-23(30(26(34)36-22)20-8-4-3-6-17(20)2)28-25(29)35-15-21(31)27-14-19-7-5-13-33-19/h3-4,6,8-12,19H,5,7,13-15H2,1-2H3,(H,27,31). The molecule has 36 heavy (non-hydrogen) atoms. The van der Waals surface area contributed by atoms with E-state index in [0.29, 0.717) is 31.7 Å². The number of hydrogen-bond acceptors (Lipinski definition) is 7. The van der Waals surface area contributed by atoms with Crippen LogP contribution in [-0.2, 0) is 9.53 Å². The number of aryl methyl sites for hydroxylation is 2. The Morgan fingerprint density at radius 1 is 1.19 bits per heavy atom. The van der Waals surface area contributed by atoms with E-state index < -0.39 is 0 Å². The topological polar surface area (TPSA) is 78.2 Å². The van der Waals surface area contributed by atoms with Crippen LogP contribution in [0.3, 0.4) is 0 Å². The van der Waals surface area contributed by atoms with Crippen LogP contribution >= 0.6 is 35.3 Å². The summed E-state index contributed by atoms with van der Waals surface area (Å²) in [5.41, 5.74) is 4.01. The molecular weight excluding hydrogens is 513 g/mol. The van der Waals surface area contributed by atoms with Gasteiger partial charge in [0.05, 0.1) is 23.2 Å². The van der Waals surface area contributed by atoms with Crippen LogP contribution in [0.1, 0.15) is 24.0 Å². The number of carbonyl (C=O) groups is 1. The lowest BCUT2D eigenvalue weighted by Gasteiger charge is -2.14. The molecule has 0 bridgehead atoms. The summed E-state index contributed by atoms with van der Waals surface area (Å²) in [5.74, 6) is 0.00697. The SMILES string of the molecule is Cc1ccc(-n2c(SCC(=O)NCC3CCCO3)nc3c(sc(=S)n3-c3ccccc3C)c2=O)cc1. The molecule has 0 spiro atoms. The maximum atomic E-state index is 13.8. The third kappa shape index (κ3) is 5.04. The fourth-order valence-electron chi connectivity index (χ4n) is 4.19. The number of para-hydroxylation sites is 1. The second kappa shape index (κ2) is 10.7. The van der Waals surface area contributed by atoms with Gasteiger partial charge in [0.1, 0.15) is 4.70 Å². The number of carbonyl (C=O) groups excluding carboxylic acids is 1. The molecule has 0 saturated carbocycles. The van der Waals surface area contributed by atoms with Crippen molar-refractivity contribution in [3.63, 3.8) is 0 Å². The third-order valence-electron chi connectivity index (χ3n) is 6.11. The zero-order chi connectivity index (χ0) is 25.2. The zero-order valence-electron chi connectivity index (χ0n) is 20.0. The van der Waals surface area contributed by atoms with Gasteiger partial charge < -0.3 is 10.1 Å². The Bertz CT molecular complexity index is 1530. The molecule has 1 amide bonds. The number of amides is 1. The van der Waals surface area contributed by atoms with Crippen molar-refractivity contribution in [2.45, 2.75) is 37.9 Å². The van der Waals surface area contributed by atoms with Crippen molar-refractivity contribution in [1.29, 1.82) is 0 Å². The minimum atomic E-state index is -0.199. The Morgan fingerprint density at radius 2 is 1.97 bits per heavy atom. The van der Waals surface area contributed by atoms with E-state index in [1.807, 2.05) is 66.9 Å². The van der Waals surface area contributed by atoms with E-state index in [1.165, 1.54) is 23.1 Å². The molecule has 1 saturated heterocycles. The molecule has 186 valence electrons. The number of aromatic nitrogens is 3. The summed E-state index contributed by atoms with van der Waals surface area (Å²) >= 11 is 8.17. The lowest BCUT2D eigenvalue weighted by Crippen LogP contribution is -2.33. The van der Waals surface area contributed by atoms with Gasteiger partial charge in [0.25, 0.3) is 5.56 Å². The van der Waals surface area contributed by atoms with E-state index in [4.69, 9.17) is 21.9 Å². The van der Waals surface area contributed by atoms with Crippen LogP contribution in [0.5, 0.6) is 0 Å². The smallest absolute Gasteiger partial charge is 0.278 e. The molecule has 5 rings (SSSR count). The molecule has 7 nitrogen and oxygen atoms in total. The van der Waals surface area contributed by atoms with E-state index in [0.717, 1.165) is 36.3 Å². The van der Waals surface area contributed by atoms with E-state index in [9.17, 15) is 9.59 Å². The fraction of sp³-hybridized carbons (Fsp3) is 0.308. The van der Waals surface area contributed by atoms with Gasteiger partial charge in [-0.2, -0.15) is 0 Å². The van der Waals surface area contributed by atoms with Gasteiger partial charge in [-0.25, -0.2) is 4.98 Å². The number of nitrogens with one attached hydrogen (secondary N) is 1. The van der Waals surface area contributed by atoms with Gasteiger partial charge in [0.15, 0.2) is 14.8 Å². The first-order chi connectivity index (χ1) is 17.4. The van der Waals surface area contributed by atoms with Crippen LogP contribution < -0.4 is 10.9 Å². The Morgan fingerprint density at radius 3 is 2.69 bits per heavy atom. The predicted molar refractivity (Wildman–Crippen MR) is 148 cm³/mol. The summed E-state index contributed by atoms with van der Waals surface area (Å²) in [5, 5.41) is 3.39. The number of thioether (sulfide) groups is 1. The van der Waals surface area contributed by atoms with Gasteiger partial charge in [0.2, 0.25) is 5.91 Å². The molecule has 4 aromatic rings. The highest BCUT2D eigenvalue weighted by Crippen LogP contribution is 2.28. The number of fused-ring (bicyclic) bond motifs is 1. The highest BCUT2D eigenvalue weighted by atomic mass is 32.2. The first kappa shape index (κ1) is 24.9. The normalized spacial score (nSPS) is 15.4. The molecule has 1 unspecified atom stereocenters. The average molecular weight is 539 g/mol. The van der Waals surface area contributed by atoms with Crippen molar-refractivity contribution in [2.24, 2.45) is 0 Å². The van der Waals surface area contributed by atoms with Gasteiger partial charge in [-0.1, -0.05) is 59.0 Å².